The third-order valence-electron chi connectivity index (χ3n) is 4.65. The number of nitrogens with zero attached hydrogens (tertiary/aromatic N) is 3. The number of amides is 1. The summed E-state index contributed by atoms with van der Waals surface area (Å²) < 4.78 is 5.17. The molecule has 1 amide bonds. The second kappa shape index (κ2) is 8.24. The molecule has 7 nitrogen and oxygen atoms in total. The van der Waals surface area contributed by atoms with Crippen molar-refractivity contribution in [3.63, 3.8) is 0 Å². The molecule has 1 saturated carbocycles. The molecule has 1 fully saturated rings. The molecule has 0 spiro atoms. The SMILES string of the molecule is CC(C)(C)c1cc(NC(=O)CSc2n[nH]c(CCC3CCCC3)n2)on1. The quantitative estimate of drug-likeness (QED) is 0.709. The number of nitrogens with one attached hydrogen (secondary N) is 2. The Labute approximate surface area is 158 Å². The Balaban J connectivity index is 1.42. The normalized spacial score (nSPS) is 15.5. The molecule has 2 aromatic heterocycles. The van der Waals surface area contributed by atoms with E-state index in [0.29, 0.717) is 11.0 Å². The maximum Gasteiger partial charge on any atom is 0.237 e. The van der Waals surface area contributed by atoms with Crippen LogP contribution in [0, 0.1) is 5.92 Å². The first-order valence-corrected chi connectivity index (χ1v) is 10.2. The molecule has 0 radical (unpaired) electrons. The van der Waals surface area contributed by atoms with E-state index < -0.39 is 0 Å². The largest absolute Gasteiger partial charge is 0.338 e. The van der Waals surface area contributed by atoms with Crippen LogP contribution in [0.5, 0.6) is 0 Å². The Morgan fingerprint density at radius 2 is 2.15 bits per heavy atom. The van der Waals surface area contributed by atoms with Gasteiger partial charge in [0.2, 0.25) is 16.9 Å². The summed E-state index contributed by atoms with van der Waals surface area (Å²) in [6.45, 7) is 6.12. The lowest BCUT2D eigenvalue weighted by Crippen LogP contribution is -2.14. The lowest BCUT2D eigenvalue weighted by atomic mass is 9.92. The zero-order valence-electron chi connectivity index (χ0n) is 15.7. The van der Waals surface area contributed by atoms with Gasteiger partial charge in [-0.3, -0.25) is 15.2 Å². The molecule has 0 bridgehead atoms. The molecule has 26 heavy (non-hydrogen) atoms. The van der Waals surface area contributed by atoms with E-state index >= 15 is 0 Å². The summed E-state index contributed by atoms with van der Waals surface area (Å²) in [5.74, 6) is 2.18. The lowest BCUT2D eigenvalue weighted by Gasteiger charge is -2.12. The van der Waals surface area contributed by atoms with Crippen LogP contribution in [-0.2, 0) is 16.6 Å². The molecule has 0 aromatic carbocycles. The van der Waals surface area contributed by atoms with Crippen LogP contribution in [0.3, 0.4) is 0 Å². The van der Waals surface area contributed by atoms with Gasteiger partial charge < -0.3 is 4.52 Å². The lowest BCUT2D eigenvalue weighted by molar-refractivity contribution is -0.113. The molecule has 1 aliphatic carbocycles. The van der Waals surface area contributed by atoms with Crippen LogP contribution in [0.25, 0.3) is 0 Å². The van der Waals surface area contributed by atoms with Crippen molar-refractivity contribution >= 4 is 23.6 Å². The van der Waals surface area contributed by atoms with E-state index in [1.54, 1.807) is 6.07 Å². The molecule has 0 unspecified atom stereocenters. The third kappa shape index (κ3) is 5.33. The molecular weight excluding hydrogens is 350 g/mol. The van der Waals surface area contributed by atoms with Crippen molar-refractivity contribution < 1.29 is 9.32 Å². The molecule has 142 valence electrons. The predicted octanol–water partition coefficient (Wildman–Crippen LogP) is 3.94. The van der Waals surface area contributed by atoms with Gasteiger partial charge >= 0.3 is 0 Å². The van der Waals surface area contributed by atoms with Gasteiger partial charge in [-0.15, -0.1) is 5.10 Å². The van der Waals surface area contributed by atoms with E-state index in [2.05, 4.69) is 25.7 Å². The molecule has 8 heteroatoms. The number of anilines is 1. The Kier molecular flexibility index (Phi) is 6.01. The monoisotopic (exact) mass is 377 g/mol. The summed E-state index contributed by atoms with van der Waals surface area (Å²) in [4.78, 5) is 16.5. The van der Waals surface area contributed by atoms with Crippen LogP contribution in [0.4, 0.5) is 5.88 Å². The van der Waals surface area contributed by atoms with Crippen LogP contribution in [0.15, 0.2) is 15.7 Å². The highest BCUT2D eigenvalue weighted by molar-refractivity contribution is 7.99. The highest BCUT2D eigenvalue weighted by Gasteiger charge is 2.20. The number of hydrogen-bond acceptors (Lipinski definition) is 6. The van der Waals surface area contributed by atoms with Gasteiger partial charge in [-0.1, -0.05) is 63.4 Å². The Hall–Kier alpha value is -1.83. The minimum absolute atomic E-state index is 0.116. The average Bonchev–Trinajstić information content (AvgIpc) is 3.32. The molecule has 2 N–H and O–H groups in total. The van der Waals surface area contributed by atoms with Crippen LogP contribution < -0.4 is 5.32 Å². The van der Waals surface area contributed by atoms with Gasteiger partial charge in [-0.05, 0) is 12.3 Å². The number of H-pyrrole nitrogens is 1. The first-order valence-electron chi connectivity index (χ1n) is 9.21. The first-order chi connectivity index (χ1) is 12.4. The van der Waals surface area contributed by atoms with Crippen molar-refractivity contribution in [3.05, 3.63) is 17.6 Å². The zero-order chi connectivity index (χ0) is 18.6. The van der Waals surface area contributed by atoms with Crippen molar-refractivity contribution in [1.29, 1.82) is 0 Å². The van der Waals surface area contributed by atoms with E-state index in [1.165, 1.54) is 43.9 Å². The minimum atomic E-state index is -0.163. The topological polar surface area (TPSA) is 96.7 Å². The number of rotatable bonds is 7. The van der Waals surface area contributed by atoms with E-state index in [0.717, 1.165) is 23.9 Å². The van der Waals surface area contributed by atoms with Gasteiger partial charge in [-0.25, -0.2) is 4.98 Å². The maximum atomic E-state index is 12.1. The number of thioether (sulfide) groups is 1. The van der Waals surface area contributed by atoms with Crippen molar-refractivity contribution in [2.75, 3.05) is 11.1 Å². The zero-order valence-corrected chi connectivity index (χ0v) is 16.5. The van der Waals surface area contributed by atoms with Gasteiger partial charge in [0.15, 0.2) is 0 Å². The van der Waals surface area contributed by atoms with Crippen molar-refractivity contribution in [1.82, 2.24) is 20.3 Å². The van der Waals surface area contributed by atoms with E-state index in [1.807, 2.05) is 20.8 Å². The van der Waals surface area contributed by atoms with Crippen LogP contribution in [0.1, 0.15) is 64.4 Å². The molecule has 2 heterocycles. The van der Waals surface area contributed by atoms with E-state index in [4.69, 9.17) is 4.52 Å². The number of carbonyl (C=O) groups is 1. The minimum Gasteiger partial charge on any atom is -0.338 e. The number of carbonyl (C=O) groups excluding carboxylic acids is 1. The van der Waals surface area contributed by atoms with E-state index in [9.17, 15) is 4.79 Å². The summed E-state index contributed by atoms with van der Waals surface area (Å²) in [7, 11) is 0. The molecule has 0 saturated heterocycles. The molecule has 3 rings (SSSR count). The first kappa shape index (κ1) is 18.9. The van der Waals surface area contributed by atoms with Crippen molar-refractivity contribution in [3.8, 4) is 0 Å². The fraction of sp³-hybridized carbons (Fsp3) is 0.667. The summed E-state index contributed by atoms with van der Waals surface area (Å²) in [5, 5.41) is 14.5. The second-order valence-corrected chi connectivity index (χ2v) is 8.86. The molecular formula is C18H27N5O2S. The summed E-state index contributed by atoms with van der Waals surface area (Å²) >= 11 is 1.31. The van der Waals surface area contributed by atoms with Gasteiger partial charge in [0.05, 0.1) is 11.4 Å². The van der Waals surface area contributed by atoms with Crippen LogP contribution in [-0.4, -0.2) is 32.0 Å². The van der Waals surface area contributed by atoms with Gasteiger partial charge in [-0.2, -0.15) is 0 Å². The fourth-order valence-electron chi connectivity index (χ4n) is 3.09. The van der Waals surface area contributed by atoms with Crippen LogP contribution in [0.2, 0.25) is 0 Å². The Morgan fingerprint density at radius 1 is 1.38 bits per heavy atom. The summed E-state index contributed by atoms with van der Waals surface area (Å²) in [5.41, 5.74) is 0.691. The Morgan fingerprint density at radius 3 is 2.85 bits per heavy atom. The molecule has 0 atom stereocenters. The second-order valence-electron chi connectivity index (χ2n) is 7.92. The number of hydrogen-bond donors (Lipinski definition) is 2. The van der Waals surface area contributed by atoms with Crippen molar-refractivity contribution in [2.24, 2.45) is 5.92 Å². The van der Waals surface area contributed by atoms with Gasteiger partial charge in [0.1, 0.15) is 5.82 Å². The maximum absolute atomic E-state index is 12.1. The number of aromatic nitrogens is 4. The van der Waals surface area contributed by atoms with Gasteiger partial charge in [0.25, 0.3) is 0 Å². The molecule has 0 aliphatic heterocycles. The smallest absolute Gasteiger partial charge is 0.237 e. The summed E-state index contributed by atoms with van der Waals surface area (Å²) in [6, 6.07) is 1.76. The predicted molar refractivity (Wildman–Crippen MR) is 101 cm³/mol. The molecule has 1 aliphatic rings. The standard InChI is InChI=1S/C18H27N5O2S/c1-18(2,3)13-10-16(25-23-13)20-15(24)11-26-17-19-14(21-22-17)9-8-12-6-4-5-7-12/h10,12H,4-9,11H2,1-3H3,(H,20,24)(H,19,21,22). The average molecular weight is 378 g/mol. The summed E-state index contributed by atoms with van der Waals surface area (Å²) in [6.07, 6.45) is 7.50. The number of aromatic amines is 1. The Bertz CT molecular complexity index is 728. The highest BCUT2D eigenvalue weighted by atomic mass is 32.2. The van der Waals surface area contributed by atoms with E-state index in [-0.39, 0.29) is 17.1 Å². The van der Waals surface area contributed by atoms with Crippen molar-refractivity contribution in [2.45, 2.75) is 69.9 Å². The highest BCUT2D eigenvalue weighted by Crippen LogP contribution is 2.28. The van der Waals surface area contributed by atoms with Crippen LogP contribution >= 0.6 is 11.8 Å². The number of aryl methyl sites for hydroxylation is 1. The van der Waals surface area contributed by atoms with Gasteiger partial charge in [0, 0.05) is 17.9 Å². The third-order valence-corrected chi connectivity index (χ3v) is 5.50. The molecule has 2 aromatic rings. The fourth-order valence-corrected chi connectivity index (χ4v) is 3.70.